The number of carbonyl (C=O) groups excluding carboxylic acids is 2. The molecule has 1 aliphatic heterocycles. The molecular formula is C19H21N3O5. The van der Waals surface area contributed by atoms with E-state index in [1.165, 1.54) is 31.6 Å². The van der Waals surface area contributed by atoms with Crippen LogP contribution in [0.1, 0.15) is 20.7 Å². The maximum absolute atomic E-state index is 12.7. The van der Waals surface area contributed by atoms with Crippen LogP contribution in [-0.2, 0) is 0 Å². The number of hydrogen-bond acceptors (Lipinski definition) is 5. The number of piperazine rings is 1. The number of nitrogens with zero attached hydrogens (tertiary/aromatic N) is 3. The standard InChI is InChI=1S/C19H21N3O5/c1-26-16-4-3-15(13-17(16)27-2)19(24)21-11-9-20(10-12-21)18(23)14-5-7-22(25)8-6-14/h3-8,13H,9-12H2,1-2H3. The topological polar surface area (TPSA) is 86.0 Å². The fourth-order valence-electron chi connectivity index (χ4n) is 3.00. The molecule has 1 saturated heterocycles. The number of pyridine rings is 1. The average Bonchev–Trinajstić information content (AvgIpc) is 2.72. The van der Waals surface area contributed by atoms with Gasteiger partial charge in [0.2, 0.25) is 0 Å². The molecule has 1 aromatic carbocycles. The molecule has 27 heavy (non-hydrogen) atoms. The minimum absolute atomic E-state index is 0.116. The van der Waals surface area contributed by atoms with Crippen molar-refractivity contribution in [3.63, 3.8) is 0 Å². The van der Waals surface area contributed by atoms with Gasteiger partial charge in [-0.15, -0.1) is 0 Å². The third-order valence-electron chi connectivity index (χ3n) is 4.53. The van der Waals surface area contributed by atoms with Crippen LogP contribution in [-0.4, -0.2) is 62.0 Å². The largest absolute Gasteiger partial charge is 0.619 e. The lowest BCUT2D eigenvalue weighted by Gasteiger charge is -2.34. The van der Waals surface area contributed by atoms with E-state index in [1.54, 1.807) is 35.1 Å². The molecule has 2 heterocycles. The summed E-state index contributed by atoms with van der Waals surface area (Å²) in [5.41, 5.74) is 0.970. The maximum Gasteiger partial charge on any atom is 0.254 e. The summed E-state index contributed by atoms with van der Waals surface area (Å²) in [6.07, 6.45) is 2.59. The molecule has 142 valence electrons. The van der Waals surface area contributed by atoms with Crippen LogP contribution in [0, 0.1) is 5.21 Å². The lowest BCUT2D eigenvalue weighted by molar-refractivity contribution is -0.605. The van der Waals surface area contributed by atoms with Gasteiger partial charge in [0.25, 0.3) is 11.8 Å². The van der Waals surface area contributed by atoms with Gasteiger partial charge < -0.3 is 24.5 Å². The van der Waals surface area contributed by atoms with Crippen molar-refractivity contribution in [1.29, 1.82) is 0 Å². The van der Waals surface area contributed by atoms with Crippen molar-refractivity contribution in [2.75, 3.05) is 40.4 Å². The molecular weight excluding hydrogens is 350 g/mol. The first-order valence-corrected chi connectivity index (χ1v) is 8.53. The molecule has 0 spiro atoms. The second kappa shape index (κ2) is 7.94. The molecule has 0 aliphatic carbocycles. The Morgan fingerprint density at radius 3 is 1.89 bits per heavy atom. The fraction of sp³-hybridized carbons (Fsp3) is 0.316. The van der Waals surface area contributed by atoms with Gasteiger partial charge in [-0.2, -0.15) is 4.73 Å². The van der Waals surface area contributed by atoms with Gasteiger partial charge in [0.05, 0.1) is 19.8 Å². The maximum atomic E-state index is 12.7. The molecule has 8 heteroatoms. The molecule has 0 bridgehead atoms. The normalized spacial score (nSPS) is 14.0. The highest BCUT2D eigenvalue weighted by Gasteiger charge is 2.26. The predicted octanol–water partition coefficient (Wildman–Crippen LogP) is 0.935. The van der Waals surface area contributed by atoms with Crippen molar-refractivity contribution < 1.29 is 23.8 Å². The van der Waals surface area contributed by atoms with Crippen LogP contribution in [0.5, 0.6) is 11.5 Å². The van der Waals surface area contributed by atoms with Crippen LogP contribution in [0.2, 0.25) is 0 Å². The van der Waals surface area contributed by atoms with E-state index in [4.69, 9.17) is 9.47 Å². The minimum atomic E-state index is -0.145. The summed E-state index contributed by atoms with van der Waals surface area (Å²) in [6.45, 7) is 1.74. The van der Waals surface area contributed by atoms with E-state index < -0.39 is 0 Å². The third kappa shape index (κ3) is 3.94. The van der Waals surface area contributed by atoms with E-state index >= 15 is 0 Å². The van der Waals surface area contributed by atoms with Gasteiger partial charge in [0.15, 0.2) is 23.9 Å². The molecule has 1 aromatic heterocycles. The number of methoxy groups -OCH3 is 2. The molecule has 1 aliphatic rings. The van der Waals surface area contributed by atoms with Gasteiger partial charge in [-0.05, 0) is 18.2 Å². The van der Waals surface area contributed by atoms with Crippen molar-refractivity contribution in [3.8, 4) is 11.5 Å². The van der Waals surface area contributed by atoms with Crippen molar-refractivity contribution >= 4 is 11.8 Å². The molecule has 3 rings (SSSR count). The van der Waals surface area contributed by atoms with Crippen molar-refractivity contribution in [1.82, 2.24) is 9.80 Å². The molecule has 0 unspecified atom stereocenters. The zero-order valence-electron chi connectivity index (χ0n) is 15.3. The molecule has 0 atom stereocenters. The Balaban J connectivity index is 1.64. The van der Waals surface area contributed by atoms with Gasteiger partial charge in [-0.25, -0.2) is 0 Å². The average molecular weight is 371 g/mol. The van der Waals surface area contributed by atoms with Crippen molar-refractivity contribution in [3.05, 3.63) is 59.1 Å². The highest BCUT2D eigenvalue weighted by atomic mass is 16.5. The molecule has 2 aromatic rings. The highest BCUT2D eigenvalue weighted by Crippen LogP contribution is 2.28. The number of ether oxygens (including phenoxy) is 2. The Labute approximate surface area is 157 Å². The first kappa shape index (κ1) is 18.5. The SMILES string of the molecule is COc1ccc(C(=O)N2CCN(C(=O)c3cc[n+]([O-])cc3)CC2)cc1OC. The Bertz CT molecular complexity index is 830. The number of aromatic nitrogens is 1. The van der Waals surface area contributed by atoms with E-state index in [1.807, 2.05) is 0 Å². The number of hydrogen-bond donors (Lipinski definition) is 0. The molecule has 1 fully saturated rings. The van der Waals surface area contributed by atoms with Crippen LogP contribution in [0.3, 0.4) is 0 Å². The zero-order chi connectivity index (χ0) is 19.4. The Morgan fingerprint density at radius 2 is 1.37 bits per heavy atom. The van der Waals surface area contributed by atoms with E-state index in [2.05, 4.69) is 0 Å². The van der Waals surface area contributed by atoms with Crippen molar-refractivity contribution in [2.24, 2.45) is 0 Å². The zero-order valence-corrected chi connectivity index (χ0v) is 15.3. The second-order valence-electron chi connectivity index (χ2n) is 6.10. The van der Waals surface area contributed by atoms with Crippen LogP contribution in [0.25, 0.3) is 0 Å². The molecule has 0 radical (unpaired) electrons. The lowest BCUT2D eigenvalue weighted by Crippen LogP contribution is -2.50. The van der Waals surface area contributed by atoms with Gasteiger partial charge in [-0.3, -0.25) is 9.59 Å². The Hall–Kier alpha value is -3.29. The summed E-state index contributed by atoms with van der Waals surface area (Å²) in [5, 5.41) is 11.1. The Kier molecular flexibility index (Phi) is 5.44. The van der Waals surface area contributed by atoms with E-state index in [-0.39, 0.29) is 11.8 Å². The highest BCUT2D eigenvalue weighted by molar-refractivity contribution is 5.96. The lowest BCUT2D eigenvalue weighted by atomic mass is 10.1. The Morgan fingerprint density at radius 1 is 0.852 bits per heavy atom. The summed E-state index contributed by atoms with van der Waals surface area (Å²) in [6, 6.07) is 8.04. The van der Waals surface area contributed by atoms with E-state index in [0.717, 1.165) is 0 Å². The number of amides is 2. The monoisotopic (exact) mass is 371 g/mol. The van der Waals surface area contributed by atoms with E-state index in [0.29, 0.717) is 53.5 Å². The predicted molar refractivity (Wildman–Crippen MR) is 96.8 cm³/mol. The molecule has 0 N–H and O–H groups in total. The third-order valence-corrected chi connectivity index (χ3v) is 4.53. The van der Waals surface area contributed by atoms with Crippen LogP contribution in [0.4, 0.5) is 0 Å². The van der Waals surface area contributed by atoms with Crippen LogP contribution in [0.15, 0.2) is 42.7 Å². The molecule has 2 amide bonds. The first-order chi connectivity index (χ1) is 13.0. The van der Waals surface area contributed by atoms with Gasteiger partial charge >= 0.3 is 0 Å². The number of rotatable bonds is 4. The van der Waals surface area contributed by atoms with Gasteiger partial charge in [0, 0.05) is 43.9 Å². The quantitative estimate of drug-likeness (QED) is 0.590. The molecule has 0 saturated carbocycles. The minimum Gasteiger partial charge on any atom is -0.619 e. The van der Waals surface area contributed by atoms with E-state index in [9.17, 15) is 14.8 Å². The molecule has 8 nitrogen and oxygen atoms in total. The smallest absolute Gasteiger partial charge is 0.254 e. The fourth-order valence-corrected chi connectivity index (χ4v) is 3.00. The summed E-state index contributed by atoms with van der Waals surface area (Å²) in [5.74, 6) is 0.799. The summed E-state index contributed by atoms with van der Waals surface area (Å²) in [4.78, 5) is 28.6. The second-order valence-corrected chi connectivity index (χ2v) is 6.10. The summed E-state index contributed by atoms with van der Waals surface area (Å²) in [7, 11) is 3.06. The number of benzene rings is 1. The van der Waals surface area contributed by atoms with Crippen LogP contribution >= 0.6 is 0 Å². The first-order valence-electron chi connectivity index (χ1n) is 8.53. The van der Waals surface area contributed by atoms with Gasteiger partial charge in [-0.1, -0.05) is 0 Å². The van der Waals surface area contributed by atoms with Crippen molar-refractivity contribution in [2.45, 2.75) is 0 Å². The number of carbonyl (C=O) groups is 2. The summed E-state index contributed by atoms with van der Waals surface area (Å²) >= 11 is 0. The summed E-state index contributed by atoms with van der Waals surface area (Å²) < 4.78 is 11.1. The van der Waals surface area contributed by atoms with Crippen LogP contribution < -0.4 is 14.2 Å². The van der Waals surface area contributed by atoms with Gasteiger partial charge in [0.1, 0.15) is 0 Å².